The Morgan fingerprint density at radius 3 is 2.76 bits per heavy atom. The molecule has 0 saturated carbocycles. The molecule has 34 heavy (non-hydrogen) atoms. The van der Waals surface area contributed by atoms with E-state index >= 15 is 0 Å². The number of amides is 1. The molecule has 1 aliphatic rings. The van der Waals surface area contributed by atoms with Gasteiger partial charge in [0.25, 0.3) is 0 Å². The van der Waals surface area contributed by atoms with E-state index in [1.165, 1.54) is 4.31 Å². The summed E-state index contributed by atoms with van der Waals surface area (Å²) in [5.74, 6) is -0.273. The highest BCUT2D eigenvalue weighted by Gasteiger charge is 2.38. The predicted octanol–water partition coefficient (Wildman–Crippen LogP) is 2.89. The lowest BCUT2D eigenvalue weighted by molar-refractivity contribution is -0.126. The second-order valence-corrected chi connectivity index (χ2v) is 10.5. The lowest BCUT2D eigenvalue weighted by Gasteiger charge is -2.34. The molecule has 0 spiro atoms. The van der Waals surface area contributed by atoms with Crippen LogP contribution in [0.5, 0.6) is 0 Å². The van der Waals surface area contributed by atoms with Crippen molar-refractivity contribution in [3.8, 4) is 0 Å². The number of fused-ring (bicyclic) bond motifs is 1. The second kappa shape index (κ2) is 10.6. The third kappa shape index (κ3) is 5.13. The van der Waals surface area contributed by atoms with E-state index in [1.807, 2.05) is 37.3 Å². The topological polar surface area (TPSA) is 106 Å². The maximum Gasteiger partial charge on any atom is 0.243 e. The Morgan fingerprint density at radius 1 is 1.21 bits per heavy atom. The Balaban J connectivity index is 1.54. The number of hydrogen-bond donors (Lipinski definition) is 1. The van der Waals surface area contributed by atoms with Gasteiger partial charge in [0.2, 0.25) is 15.9 Å². The molecule has 1 fully saturated rings. The van der Waals surface area contributed by atoms with Crippen LogP contribution in [0.1, 0.15) is 44.2 Å². The standard InChI is InChI=1S/C24H31N5O4S/c1-18(19-9-4-3-5-10-19)25-24(30)23-11-6-7-15-29(23)34(31,32)20-12-13-22-21(17-20)26-27-28(22)14-8-16-33-2/h3-5,9-10,12-13,17-18,23H,6-8,11,14-16H2,1-2H3,(H,25,30). The number of benzene rings is 2. The summed E-state index contributed by atoms with van der Waals surface area (Å²) in [5.41, 5.74) is 2.24. The summed E-state index contributed by atoms with van der Waals surface area (Å²) in [6, 6.07) is 13.5. The monoisotopic (exact) mass is 485 g/mol. The van der Waals surface area contributed by atoms with Gasteiger partial charge < -0.3 is 10.1 Å². The first-order valence-corrected chi connectivity index (χ1v) is 13.0. The van der Waals surface area contributed by atoms with Crippen LogP contribution in [-0.4, -0.2) is 59.9 Å². The first-order valence-electron chi connectivity index (χ1n) is 11.6. The molecule has 0 radical (unpaired) electrons. The van der Waals surface area contributed by atoms with Crippen LogP contribution in [0.25, 0.3) is 11.0 Å². The number of methoxy groups -OCH3 is 1. The molecule has 2 aromatic carbocycles. The number of ether oxygens (including phenoxy) is 1. The predicted molar refractivity (Wildman–Crippen MR) is 129 cm³/mol. The molecule has 182 valence electrons. The molecule has 2 heterocycles. The van der Waals surface area contributed by atoms with Crippen molar-refractivity contribution in [3.63, 3.8) is 0 Å². The molecular weight excluding hydrogens is 454 g/mol. The molecular formula is C24H31N5O4S. The molecule has 10 heteroatoms. The van der Waals surface area contributed by atoms with Gasteiger partial charge in [-0.2, -0.15) is 4.31 Å². The summed E-state index contributed by atoms with van der Waals surface area (Å²) in [7, 11) is -2.24. The van der Waals surface area contributed by atoms with E-state index in [9.17, 15) is 13.2 Å². The molecule has 1 aromatic heterocycles. The van der Waals surface area contributed by atoms with Crippen molar-refractivity contribution >= 4 is 27.0 Å². The summed E-state index contributed by atoms with van der Waals surface area (Å²) < 4.78 is 35.4. The van der Waals surface area contributed by atoms with Gasteiger partial charge in [-0.25, -0.2) is 13.1 Å². The van der Waals surface area contributed by atoms with Gasteiger partial charge in [-0.15, -0.1) is 5.10 Å². The van der Waals surface area contributed by atoms with Gasteiger partial charge >= 0.3 is 0 Å². The number of nitrogens with zero attached hydrogens (tertiary/aromatic N) is 4. The van der Waals surface area contributed by atoms with E-state index in [1.54, 1.807) is 30.0 Å². The van der Waals surface area contributed by atoms with Crippen molar-refractivity contribution in [1.82, 2.24) is 24.6 Å². The number of nitrogens with one attached hydrogen (secondary N) is 1. The van der Waals surface area contributed by atoms with Crippen molar-refractivity contribution in [2.75, 3.05) is 20.3 Å². The number of hydrogen-bond acceptors (Lipinski definition) is 6. The summed E-state index contributed by atoms with van der Waals surface area (Å²) in [6.07, 6.45) is 2.79. The fraction of sp³-hybridized carbons (Fsp3) is 0.458. The third-order valence-corrected chi connectivity index (χ3v) is 8.13. The van der Waals surface area contributed by atoms with E-state index in [0.29, 0.717) is 31.6 Å². The summed E-state index contributed by atoms with van der Waals surface area (Å²) >= 11 is 0. The first-order chi connectivity index (χ1) is 16.4. The van der Waals surface area contributed by atoms with E-state index in [4.69, 9.17) is 4.74 Å². The maximum absolute atomic E-state index is 13.6. The molecule has 1 aliphatic heterocycles. The van der Waals surface area contributed by atoms with E-state index < -0.39 is 16.1 Å². The summed E-state index contributed by atoms with van der Waals surface area (Å²) in [5, 5.41) is 11.3. The number of aromatic nitrogens is 3. The van der Waals surface area contributed by atoms with E-state index in [0.717, 1.165) is 30.3 Å². The molecule has 4 rings (SSSR count). The van der Waals surface area contributed by atoms with Crippen LogP contribution in [0, 0.1) is 0 Å². The van der Waals surface area contributed by atoms with Crippen molar-refractivity contribution in [3.05, 3.63) is 54.1 Å². The smallest absolute Gasteiger partial charge is 0.243 e. The Labute approximate surface area is 200 Å². The lowest BCUT2D eigenvalue weighted by Crippen LogP contribution is -2.52. The Morgan fingerprint density at radius 2 is 2.00 bits per heavy atom. The van der Waals surface area contributed by atoms with E-state index in [-0.39, 0.29) is 16.8 Å². The van der Waals surface area contributed by atoms with Crippen molar-refractivity contribution in [1.29, 1.82) is 0 Å². The first kappa shape index (κ1) is 24.3. The van der Waals surface area contributed by atoms with Gasteiger partial charge in [-0.05, 0) is 49.9 Å². The average Bonchev–Trinajstić information content (AvgIpc) is 3.27. The Hall–Kier alpha value is -2.82. The fourth-order valence-corrected chi connectivity index (χ4v) is 6.04. The van der Waals surface area contributed by atoms with Gasteiger partial charge in [-0.1, -0.05) is 42.0 Å². The highest BCUT2D eigenvalue weighted by Crippen LogP contribution is 2.28. The molecule has 0 aliphatic carbocycles. The highest BCUT2D eigenvalue weighted by atomic mass is 32.2. The second-order valence-electron chi connectivity index (χ2n) is 8.58. The maximum atomic E-state index is 13.6. The highest BCUT2D eigenvalue weighted by molar-refractivity contribution is 7.89. The minimum absolute atomic E-state index is 0.125. The van der Waals surface area contributed by atoms with Crippen LogP contribution in [0.2, 0.25) is 0 Å². The van der Waals surface area contributed by atoms with Crippen LogP contribution >= 0.6 is 0 Å². The van der Waals surface area contributed by atoms with E-state index in [2.05, 4.69) is 15.6 Å². The SMILES string of the molecule is COCCCn1nnc2cc(S(=O)(=O)N3CCCCC3C(=O)NC(C)c3ccccc3)ccc21. The minimum Gasteiger partial charge on any atom is -0.385 e. The van der Waals surface area contributed by atoms with Crippen molar-refractivity contribution in [2.24, 2.45) is 0 Å². The minimum atomic E-state index is -3.88. The Bertz CT molecular complexity index is 1230. The molecule has 2 unspecified atom stereocenters. The number of carbonyl (C=O) groups excluding carboxylic acids is 1. The Kier molecular flexibility index (Phi) is 7.60. The largest absolute Gasteiger partial charge is 0.385 e. The van der Waals surface area contributed by atoms with Crippen LogP contribution in [0.4, 0.5) is 0 Å². The third-order valence-electron chi connectivity index (χ3n) is 6.23. The zero-order chi connectivity index (χ0) is 24.1. The summed E-state index contributed by atoms with van der Waals surface area (Å²) in [6.45, 7) is 3.44. The zero-order valence-corrected chi connectivity index (χ0v) is 20.4. The lowest BCUT2D eigenvalue weighted by atomic mass is 10.0. The molecule has 2 atom stereocenters. The quantitative estimate of drug-likeness (QED) is 0.467. The number of rotatable bonds is 9. The van der Waals surface area contributed by atoms with Crippen LogP contribution in [0.15, 0.2) is 53.4 Å². The zero-order valence-electron chi connectivity index (χ0n) is 19.6. The van der Waals surface area contributed by atoms with Gasteiger partial charge in [0.05, 0.1) is 16.5 Å². The molecule has 1 amide bonds. The van der Waals surface area contributed by atoms with Crippen molar-refractivity contribution in [2.45, 2.75) is 56.1 Å². The normalized spacial score (nSPS) is 18.1. The number of sulfonamides is 1. The summed E-state index contributed by atoms with van der Waals surface area (Å²) in [4.78, 5) is 13.3. The van der Waals surface area contributed by atoms with Gasteiger partial charge in [-0.3, -0.25) is 4.79 Å². The van der Waals surface area contributed by atoms with Crippen molar-refractivity contribution < 1.29 is 17.9 Å². The van der Waals surface area contributed by atoms with Crippen LogP contribution < -0.4 is 5.32 Å². The van der Waals surface area contributed by atoms with Gasteiger partial charge in [0.1, 0.15) is 11.6 Å². The van der Waals surface area contributed by atoms with Gasteiger partial charge in [0.15, 0.2) is 0 Å². The van der Waals surface area contributed by atoms with Crippen LogP contribution in [0.3, 0.4) is 0 Å². The number of carbonyl (C=O) groups is 1. The molecule has 9 nitrogen and oxygen atoms in total. The molecule has 1 N–H and O–H groups in total. The average molecular weight is 486 g/mol. The molecule has 3 aromatic rings. The fourth-order valence-electron chi connectivity index (χ4n) is 4.36. The molecule has 0 bridgehead atoms. The number of aryl methyl sites for hydroxylation is 1. The number of piperidine rings is 1. The molecule has 1 saturated heterocycles. The van der Waals surface area contributed by atoms with Gasteiger partial charge in [0, 0.05) is 26.8 Å². The van der Waals surface area contributed by atoms with Crippen LogP contribution in [-0.2, 0) is 26.1 Å².